The van der Waals surface area contributed by atoms with E-state index in [0.29, 0.717) is 30.8 Å². The molecule has 1 aliphatic rings. The van der Waals surface area contributed by atoms with Crippen molar-refractivity contribution in [2.24, 2.45) is 4.99 Å². The zero-order chi connectivity index (χ0) is 31.0. The molecule has 2 aromatic carbocycles. The Morgan fingerprint density at radius 2 is 1.59 bits per heavy atom. The van der Waals surface area contributed by atoms with Crippen molar-refractivity contribution in [1.29, 1.82) is 0 Å². The summed E-state index contributed by atoms with van der Waals surface area (Å²) >= 11 is 0. The average molecular weight is 599 g/mol. The first-order chi connectivity index (χ1) is 19.0. The lowest BCUT2D eigenvalue weighted by Crippen LogP contribution is -2.32. The van der Waals surface area contributed by atoms with E-state index in [0.717, 1.165) is 53.2 Å². The molecule has 1 aliphatic heterocycles. The van der Waals surface area contributed by atoms with Crippen LogP contribution in [-0.4, -0.2) is 86.9 Å². The molecule has 2 N–H and O–H groups in total. The maximum absolute atomic E-state index is 13.1. The molecule has 13 heteroatoms. The van der Waals surface area contributed by atoms with Crippen LogP contribution >= 0.6 is 0 Å². The number of alkyl halides is 3. The second-order valence-electron chi connectivity index (χ2n) is 9.88. The molecule has 0 fully saturated rings. The van der Waals surface area contributed by atoms with Crippen molar-refractivity contribution in [2.75, 3.05) is 40.3 Å². The number of hydrogen-bond acceptors (Lipinski definition) is 6. The van der Waals surface area contributed by atoms with Crippen LogP contribution in [-0.2, 0) is 26.0 Å². The molecule has 0 saturated heterocycles. The number of carbonyl (C=O) groups is 2. The quantitative estimate of drug-likeness (QED) is 0.431. The van der Waals surface area contributed by atoms with Gasteiger partial charge in [-0.15, -0.1) is 0 Å². The molecule has 9 nitrogen and oxygen atoms in total. The highest BCUT2D eigenvalue weighted by Crippen LogP contribution is 2.24. The first-order valence-corrected chi connectivity index (χ1v) is 14.4. The summed E-state index contributed by atoms with van der Waals surface area (Å²) in [6.07, 6.45) is -3.53. The van der Waals surface area contributed by atoms with E-state index in [1.54, 1.807) is 19.0 Å². The van der Waals surface area contributed by atoms with E-state index in [1.165, 1.54) is 4.31 Å². The smallest absolute Gasteiger partial charge is 0.475 e. The van der Waals surface area contributed by atoms with Gasteiger partial charge < -0.3 is 15.3 Å². The number of amides is 1. The number of aliphatic imine (C=N–C) groups is 1. The Labute approximate surface area is 239 Å². The fourth-order valence-corrected chi connectivity index (χ4v) is 5.95. The van der Waals surface area contributed by atoms with Crippen molar-refractivity contribution in [3.8, 4) is 0 Å². The molecule has 1 amide bonds. The Balaban J connectivity index is 0.000000745. The van der Waals surface area contributed by atoms with E-state index >= 15 is 0 Å². The third kappa shape index (κ3) is 9.85. The van der Waals surface area contributed by atoms with Gasteiger partial charge in [0.2, 0.25) is 15.9 Å². The summed E-state index contributed by atoms with van der Waals surface area (Å²) < 4.78 is 59.3. The number of nitrogens with one attached hydrogen (secondary N) is 1. The fraction of sp³-hybridized carbons (Fsp3) is 0.464. The van der Waals surface area contributed by atoms with Crippen molar-refractivity contribution in [1.82, 2.24) is 14.5 Å². The highest BCUT2D eigenvalue weighted by atomic mass is 32.2. The van der Waals surface area contributed by atoms with Gasteiger partial charge in [-0.25, -0.2) is 17.5 Å². The molecule has 1 heterocycles. The molecule has 0 unspecified atom stereocenters. The Bertz CT molecular complexity index is 1340. The van der Waals surface area contributed by atoms with Crippen LogP contribution in [0.4, 0.5) is 13.2 Å². The van der Waals surface area contributed by atoms with Gasteiger partial charge in [-0.1, -0.05) is 42.0 Å². The van der Waals surface area contributed by atoms with Crippen LogP contribution < -0.4 is 5.32 Å². The number of aryl methyl sites for hydroxylation is 3. The number of rotatable bonds is 10. The van der Waals surface area contributed by atoms with Crippen LogP contribution in [0.25, 0.3) is 0 Å². The third-order valence-electron chi connectivity index (χ3n) is 6.44. The summed E-state index contributed by atoms with van der Waals surface area (Å²) in [7, 11) is -0.215. The minimum absolute atomic E-state index is 0.0228. The number of carboxylic acid groups (broad SMARTS) is 1. The number of carboxylic acids is 1. The zero-order valence-corrected chi connectivity index (χ0v) is 24.7. The summed E-state index contributed by atoms with van der Waals surface area (Å²) in [5.74, 6) is -1.79. The number of aliphatic carboxylic acids is 1. The van der Waals surface area contributed by atoms with Gasteiger partial charge in [0.15, 0.2) is 0 Å². The van der Waals surface area contributed by atoms with Gasteiger partial charge in [0, 0.05) is 45.7 Å². The molecule has 0 atom stereocenters. The number of nitrogens with zero attached hydrogens (tertiary/aromatic N) is 3. The van der Waals surface area contributed by atoms with Crippen LogP contribution in [0, 0.1) is 20.8 Å². The summed E-state index contributed by atoms with van der Waals surface area (Å²) in [4.78, 5) is 28.0. The van der Waals surface area contributed by atoms with Gasteiger partial charge in [-0.3, -0.25) is 9.79 Å². The van der Waals surface area contributed by atoms with Gasteiger partial charge in [0.05, 0.1) is 11.4 Å². The zero-order valence-electron chi connectivity index (χ0n) is 23.9. The lowest BCUT2D eigenvalue weighted by atomic mass is 10.1. The van der Waals surface area contributed by atoms with Crippen molar-refractivity contribution in [3.63, 3.8) is 0 Å². The highest BCUT2D eigenvalue weighted by molar-refractivity contribution is 7.89. The number of amidine groups is 1. The van der Waals surface area contributed by atoms with Gasteiger partial charge in [0.1, 0.15) is 5.84 Å². The van der Waals surface area contributed by atoms with Crippen LogP contribution in [0.1, 0.15) is 40.7 Å². The van der Waals surface area contributed by atoms with Gasteiger partial charge in [-0.2, -0.15) is 13.2 Å². The minimum Gasteiger partial charge on any atom is -0.475 e. The molecule has 0 bridgehead atoms. The maximum atomic E-state index is 13.1. The predicted octanol–water partition coefficient (Wildman–Crippen LogP) is 3.70. The van der Waals surface area contributed by atoms with Gasteiger partial charge in [0.25, 0.3) is 0 Å². The van der Waals surface area contributed by atoms with Crippen LogP contribution in [0.2, 0.25) is 0 Å². The SMILES string of the molecule is Cc1cc(C)c(S(=O)(=O)N(C)CCCC(=O)N(C)CCc2ccc(C3=NCCN3)cc2)c(C)c1.O=C(O)C(F)(F)F. The molecule has 226 valence electrons. The summed E-state index contributed by atoms with van der Waals surface area (Å²) in [5.41, 5.74) is 4.79. The number of carbonyl (C=O) groups excluding carboxylic acids is 1. The third-order valence-corrected chi connectivity index (χ3v) is 8.61. The largest absolute Gasteiger partial charge is 0.490 e. The first-order valence-electron chi connectivity index (χ1n) is 13.0. The van der Waals surface area contributed by atoms with E-state index in [4.69, 9.17) is 9.90 Å². The van der Waals surface area contributed by atoms with Crippen molar-refractivity contribution in [2.45, 2.75) is 51.1 Å². The molecule has 0 spiro atoms. The monoisotopic (exact) mass is 598 g/mol. The van der Waals surface area contributed by atoms with E-state index in [9.17, 15) is 26.4 Å². The summed E-state index contributed by atoms with van der Waals surface area (Å²) in [5, 5.41) is 10.4. The molecule has 0 saturated carbocycles. The highest BCUT2D eigenvalue weighted by Gasteiger charge is 2.38. The number of likely N-dealkylation sites (N-methyl/N-ethyl adjacent to an activating group) is 1. The number of hydrogen-bond donors (Lipinski definition) is 2. The topological polar surface area (TPSA) is 119 Å². The van der Waals surface area contributed by atoms with E-state index in [1.807, 2.05) is 32.9 Å². The Morgan fingerprint density at radius 3 is 2.07 bits per heavy atom. The first kappa shape index (κ1) is 33.8. The molecule has 0 aliphatic carbocycles. The van der Waals surface area contributed by atoms with Crippen LogP contribution in [0.5, 0.6) is 0 Å². The van der Waals surface area contributed by atoms with E-state index in [-0.39, 0.29) is 5.91 Å². The average Bonchev–Trinajstić information content (AvgIpc) is 3.41. The molecule has 41 heavy (non-hydrogen) atoms. The van der Waals surface area contributed by atoms with Gasteiger partial charge in [-0.05, 0) is 50.3 Å². The number of sulfonamides is 1. The second-order valence-corrected chi connectivity index (χ2v) is 11.9. The minimum atomic E-state index is -5.08. The second kappa shape index (κ2) is 14.4. The Morgan fingerprint density at radius 1 is 1.02 bits per heavy atom. The normalized spacial score (nSPS) is 13.2. The molecular formula is C28H37F3N4O5S. The molecule has 2 aromatic rings. The summed E-state index contributed by atoms with van der Waals surface area (Å²) in [6.45, 7) is 8.23. The van der Waals surface area contributed by atoms with Gasteiger partial charge >= 0.3 is 12.1 Å². The van der Waals surface area contributed by atoms with Crippen LogP contribution in [0.15, 0.2) is 46.3 Å². The van der Waals surface area contributed by atoms with Crippen molar-refractivity contribution < 1.29 is 36.3 Å². The lowest BCUT2D eigenvalue weighted by molar-refractivity contribution is -0.192. The molecule has 0 aromatic heterocycles. The molecule has 0 radical (unpaired) electrons. The van der Waals surface area contributed by atoms with E-state index < -0.39 is 22.2 Å². The van der Waals surface area contributed by atoms with Crippen LogP contribution in [0.3, 0.4) is 0 Å². The fourth-order valence-electron chi connectivity index (χ4n) is 4.34. The Hall–Kier alpha value is -3.45. The molecular weight excluding hydrogens is 561 g/mol. The lowest BCUT2D eigenvalue weighted by Gasteiger charge is -2.21. The van der Waals surface area contributed by atoms with Crippen molar-refractivity contribution in [3.05, 3.63) is 64.2 Å². The maximum Gasteiger partial charge on any atom is 0.490 e. The van der Waals surface area contributed by atoms with E-state index in [2.05, 4.69) is 34.6 Å². The van der Waals surface area contributed by atoms with Crippen molar-refractivity contribution >= 4 is 27.7 Å². The Kier molecular flexibility index (Phi) is 11.9. The molecule has 3 rings (SSSR count). The standard InChI is InChI=1S/C26H36N4O3S.C2HF3O2/c1-19-17-20(2)25(21(3)18-19)34(32,33)30(5)15-6-7-24(31)29(4)16-12-22-8-10-23(11-9-22)26-27-13-14-28-26;3-2(4,5)1(6)7/h8-11,17-18H,6-7,12-16H2,1-5H3,(H,27,28);(H,6,7). The number of halogens is 3. The summed E-state index contributed by atoms with van der Waals surface area (Å²) in [6, 6.07) is 12.0. The predicted molar refractivity (Wildman–Crippen MR) is 151 cm³/mol. The number of benzene rings is 2.